The van der Waals surface area contributed by atoms with Crippen molar-refractivity contribution in [2.24, 2.45) is 5.41 Å². The van der Waals surface area contributed by atoms with E-state index in [0.29, 0.717) is 10.8 Å². The van der Waals surface area contributed by atoms with Crippen LogP contribution in [0.25, 0.3) is 21.8 Å². The lowest BCUT2D eigenvalue weighted by molar-refractivity contribution is -0.148. The first-order valence-corrected chi connectivity index (χ1v) is 16.4. The maximum absolute atomic E-state index is 16.1. The minimum atomic E-state index is -4.45. The van der Waals surface area contributed by atoms with Gasteiger partial charge in [-0.15, -0.1) is 0 Å². The molecule has 1 unspecified atom stereocenters. The van der Waals surface area contributed by atoms with Crippen molar-refractivity contribution in [3.05, 3.63) is 67.4 Å². The molecule has 1 aliphatic rings. The monoisotopic (exact) mass is 671 g/mol. The number of ether oxygens (including phenoxy) is 3. The molecule has 252 valence electrons. The fraction of sp³-hybridized carbons (Fsp3) is 0.406. The van der Waals surface area contributed by atoms with Crippen molar-refractivity contribution < 1.29 is 42.1 Å². The summed E-state index contributed by atoms with van der Waals surface area (Å²) in [6, 6.07) is 12.9. The Kier molecular flexibility index (Phi) is 9.63. The summed E-state index contributed by atoms with van der Waals surface area (Å²) >= 11 is 0. The van der Waals surface area contributed by atoms with Gasteiger partial charge in [-0.05, 0) is 29.9 Å². The molecule has 4 aromatic rings. The van der Waals surface area contributed by atoms with E-state index in [2.05, 4.69) is 21.6 Å². The van der Waals surface area contributed by atoms with E-state index < -0.39 is 50.5 Å². The van der Waals surface area contributed by atoms with E-state index in [0.717, 1.165) is 11.5 Å². The first-order valence-electron chi connectivity index (χ1n) is 14.9. The van der Waals surface area contributed by atoms with Crippen LogP contribution in [0.1, 0.15) is 33.9 Å². The maximum Gasteiger partial charge on any atom is 0.459 e. The molecule has 2 aromatic carbocycles. The number of nitrogens with two attached hydrogens (primary N) is 1. The topological polar surface area (TPSA) is 169 Å². The predicted molar refractivity (Wildman–Crippen MR) is 174 cm³/mol. The second-order valence-corrected chi connectivity index (χ2v) is 14.1. The van der Waals surface area contributed by atoms with Crippen LogP contribution in [-0.2, 0) is 23.4 Å². The lowest BCUT2D eigenvalue weighted by Gasteiger charge is -2.27. The number of hydrogen-bond acceptors (Lipinski definition) is 11. The summed E-state index contributed by atoms with van der Waals surface area (Å²) in [5, 5.41) is 16.0. The Morgan fingerprint density at radius 2 is 1.96 bits per heavy atom. The van der Waals surface area contributed by atoms with Gasteiger partial charge >= 0.3 is 13.7 Å². The highest BCUT2D eigenvalue weighted by Crippen LogP contribution is 2.49. The molecule has 3 heterocycles. The second-order valence-electron chi connectivity index (χ2n) is 12.5. The largest absolute Gasteiger partial charge is 0.480 e. The zero-order valence-electron chi connectivity index (χ0n) is 26.8. The molecule has 15 heteroatoms. The quantitative estimate of drug-likeness (QED) is 0.104. The van der Waals surface area contributed by atoms with Crippen LogP contribution in [0.4, 0.5) is 10.3 Å². The molecular weight excluding hydrogens is 632 g/mol. The number of methoxy groups -OCH3 is 1. The van der Waals surface area contributed by atoms with Crippen molar-refractivity contribution in [1.82, 2.24) is 19.6 Å². The summed E-state index contributed by atoms with van der Waals surface area (Å²) in [5.41, 5.74) is 3.49. The highest BCUT2D eigenvalue weighted by Gasteiger charge is 2.56. The lowest BCUT2D eigenvalue weighted by Crippen LogP contribution is -2.43. The SMILES string of the molecule is C=C[C@@]1(O)[C@H](F)[C@@H](COP(=O)(N[C@@H](C)C(=O)OCC(C)(C)C)Oc2cccc3ccccc23)O[C@H]1n1ccc2c(OC)nc(N)nc21. The van der Waals surface area contributed by atoms with Crippen LogP contribution in [0.15, 0.2) is 67.4 Å². The van der Waals surface area contributed by atoms with Crippen molar-refractivity contribution >= 4 is 41.5 Å². The molecule has 0 radical (unpaired) electrons. The molecule has 0 saturated carbocycles. The van der Waals surface area contributed by atoms with Gasteiger partial charge in [-0.3, -0.25) is 9.32 Å². The number of aliphatic hydroxyl groups is 1. The smallest absolute Gasteiger partial charge is 0.459 e. The number of nitrogens with one attached hydrogen (secondary N) is 1. The van der Waals surface area contributed by atoms with Crippen LogP contribution < -0.4 is 20.1 Å². The summed E-state index contributed by atoms with van der Waals surface area (Å²) in [4.78, 5) is 21.1. The van der Waals surface area contributed by atoms with E-state index in [1.54, 1.807) is 30.3 Å². The van der Waals surface area contributed by atoms with Gasteiger partial charge in [0.2, 0.25) is 11.8 Å². The Morgan fingerprint density at radius 1 is 1.23 bits per heavy atom. The Labute approximate surface area is 271 Å². The van der Waals surface area contributed by atoms with Gasteiger partial charge < -0.3 is 34.1 Å². The summed E-state index contributed by atoms with van der Waals surface area (Å²) in [6.07, 6.45) is -2.44. The van der Waals surface area contributed by atoms with E-state index >= 15 is 4.39 Å². The normalized spacial score (nSPS) is 23.3. The zero-order chi connectivity index (χ0) is 34.1. The molecule has 13 nitrogen and oxygen atoms in total. The predicted octanol–water partition coefficient (Wildman–Crippen LogP) is 5.10. The molecule has 0 spiro atoms. The molecule has 1 aliphatic heterocycles. The van der Waals surface area contributed by atoms with Crippen LogP contribution in [-0.4, -0.2) is 69.9 Å². The molecule has 1 saturated heterocycles. The highest BCUT2D eigenvalue weighted by molar-refractivity contribution is 7.52. The number of rotatable bonds is 12. The average molecular weight is 672 g/mol. The van der Waals surface area contributed by atoms with Crippen LogP contribution >= 0.6 is 7.75 Å². The molecule has 47 heavy (non-hydrogen) atoms. The number of halogens is 1. The molecule has 5 rings (SSSR count). The summed E-state index contributed by atoms with van der Waals surface area (Å²) in [6.45, 7) is 10.2. The van der Waals surface area contributed by atoms with Gasteiger partial charge in [-0.25, -0.2) is 8.96 Å². The fourth-order valence-corrected chi connectivity index (χ4v) is 6.66. The number of alkyl halides is 1. The molecule has 0 bridgehead atoms. The minimum Gasteiger partial charge on any atom is -0.480 e. The van der Waals surface area contributed by atoms with Gasteiger partial charge in [-0.1, -0.05) is 69.8 Å². The summed E-state index contributed by atoms with van der Waals surface area (Å²) in [5.74, 6) is -0.429. The van der Waals surface area contributed by atoms with Gasteiger partial charge in [-0.2, -0.15) is 15.1 Å². The number of nitrogens with zero attached hydrogens (tertiary/aromatic N) is 3. The number of benzene rings is 2. The Hall–Kier alpha value is -4.07. The number of esters is 1. The van der Waals surface area contributed by atoms with E-state index in [1.165, 1.54) is 24.8 Å². The van der Waals surface area contributed by atoms with Gasteiger partial charge in [0.15, 0.2) is 23.6 Å². The van der Waals surface area contributed by atoms with E-state index in [9.17, 15) is 14.5 Å². The molecule has 4 N–H and O–H groups in total. The number of anilines is 1. The van der Waals surface area contributed by atoms with Gasteiger partial charge in [0.25, 0.3) is 0 Å². The first-order chi connectivity index (χ1) is 22.2. The number of fused-ring (bicyclic) bond motifs is 2. The van der Waals surface area contributed by atoms with Crippen LogP contribution in [0.3, 0.4) is 0 Å². The third kappa shape index (κ3) is 7.12. The molecule has 1 fully saturated rings. The highest BCUT2D eigenvalue weighted by atomic mass is 31.2. The summed E-state index contributed by atoms with van der Waals surface area (Å²) < 4.78 is 60.2. The second kappa shape index (κ2) is 13.2. The molecule has 0 aliphatic carbocycles. The number of carbonyl (C=O) groups excluding carboxylic acids is 1. The van der Waals surface area contributed by atoms with Crippen LogP contribution in [0.2, 0.25) is 0 Å². The Bertz CT molecular complexity index is 1830. The third-order valence-electron chi connectivity index (χ3n) is 7.52. The van der Waals surface area contributed by atoms with Crippen molar-refractivity contribution in [3.63, 3.8) is 0 Å². The Balaban J connectivity index is 1.43. The molecule has 2 aromatic heterocycles. The average Bonchev–Trinajstić information content (AvgIpc) is 3.56. The maximum atomic E-state index is 16.1. The van der Waals surface area contributed by atoms with Crippen molar-refractivity contribution in [1.29, 1.82) is 0 Å². The van der Waals surface area contributed by atoms with Crippen molar-refractivity contribution in [3.8, 4) is 11.6 Å². The van der Waals surface area contributed by atoms with E-state index in [4.69, 9.17) is 29.0 Å². The third-order valence-corrected chi connectivity index (χ3v) is 9.15. The van der Waals surface area contributed by atoms with Crippen molar-refractivity contribution in [2.75, 3.05) is 26.1 Å². The van der Waals surface area contributed by atoms with E-state index in [-0.39, 0.29) is 35.2 Å². The van der Waals surface area contributed by atoms with Gasteiger partial charge in [0, 0.05) is 11.6 Å². The molecular formula is C32H39FN5O8P. The summed E-state index contributed by atoms with van der Waals surface area (Å²) in [7, 11) is -3.04. The van der Waals surface area contributed by atoms with Gasteiger partial charge in [0.1, 0.15) is 17.9 Å². The number of hydrogen-bond donors (Lipinski definition) is 3. The van der Waals surface area contributed by atoms with Crippen LogP contribution in [0.5, 0.6) is 11.6 Å². The molecule has 6 atom stereocenters. The number of aromatic nitrogens is 3. The van der Waals surface area contributed by atoms with Crippen LogP contribution in [0, 0.1) is 5.41 Å². The zero-order valence-corrected chi connectivity index (χ0v) is 27.6. The van der Waals surface area contributed by atoms with Gasteiger partial charge in [0.05, 0.1) is 25.7 Å². The molecule has 0 amide bonds. The standard InChI is InChI=1S/C32H39FN5O8P/c1-7-32(40)25(33)24(45-29(32)38-16-15-22-26(38)35-30(34)36-27(22)42-6)17-44-47(41,37-19(2)28(39)43-18-31(3,4)5)46-23-14-10-12-20-11-8-9-13-21(20)23/h7-16,19,24-25,29,40H,1,17-18H2,2-6H3,(H,37,41)(H2,34,35,36)/t19-,24+,25+,29+,32+,47?/m0/s1. The number of nitrogen functional groups attached to an aromatic ring is 1. The minimum absolute atomic E-state index is 0.112. The van der Waals surface area contributed by atoms with E-state index in [1.807, 2.05) is 39.0 Å². The fourth-order valence-electron chi connectivity index (χ4n) is 5.14. The number of carbonyl (C=O) groups is 1. The first kappa shape index (κ1) is 34.3. The van der Waals surface area contributed by atoms with Crippen molar-refractivity contribution in [2.45, 2.75) is 57.8 Å². The Morgan fingerprint density at radius 3 is 2.66 bits per heavy atom. The lowest BCUT2D eigenvalue weighted by atomic mass is 9.95.